The van der Waals surface area contributed by atoms with Crippen LogP contribution in [0.2, 0.25) is 0 Å². The van der Waals surface area contributed by atoms with Gasteiger partial charge in [-0.2, -0.15) is 5.06 Å². The van der Waals surface area contributed by atoms with Gasteiger partial charge >= 0.3 is 0 Å². The van der Waals surface area contributed by atoms with Gasteiger partial charge in [-0.25, -0.2) is 0 Å². The fourth-order valence-electron chi connectivity index (χ4n) is 3.76. The molecule has 0 aromatic heterocycles. The Labute approximate surface area is 179 Å². The lowest BCUT2D eigenvalue weighted by Crippen LogP contribution is -2.40. The van der Waals surface area contributed by atoms with E-state index < -0.39 is 0 Å². The summed E-state index contributed by atoms with van der Waals surface area (Å²) < 4.78 is 10.7. The van der Waals surface area contributed by atoms with Gasteiger partial charge in [-0.3, -0.25) is 9.63 Å². The molecule has 162 valence electrons. The maximum Gasteiger partial charge on any atom is 0.239 e. The van der Waals surface area contributed by atoms with Crippen LogP contribution in [0.5, 0.6) is 11.5 Å². The number of nitrogens with zero attached hydrogens (tertiary/aromatic N) is 1. The van der Waals surface area contributed by atoms with E-state index in [0.29, 0.717) is 25.6 Å². The Hall–Kier alpha value is -2.57. The second-order valence-electron chi connectivity index (χ2n) is 7.68. The molecule has 2 atom stereocenters. The molecule has 2 unspecified atom stereocenters. The zero-order chi connectivity index (χ0) is 21.3. The summed E-state index contributed by atoms with van der Waals surface area (Å²) in [4.78, 5) is 18.4. The van der Waals surface area contributed by atoms with Crippen LogP contribution in [0.1, 0.15) is 43.2 Å². The average molecular weight is 413 g/mol. The van der Waals surface area contributed by atoms with Crippen LogP contribution in [-0.4, -0.2) is 44.4 Å². The van der Waals surface area contributed by atoms with Crippen LogP contribution in [-0.2, 0) is 16.2 Å². The minimum atomic E-state index is -0.284. The van der Waals surface area contributed by atoms with Crippen LogP contribution in [0.4, 0.5) is 0 Å². The highest BCUT2D eigenvalue weighted by Gasteiger charge is 2.31. The minimum absolute atomic E-state index is 0.0162. The van der Waals surface area contributed by atoms with Crippen molar-refractivity contribution < 1.29 is 19.1 Å². The predicted molar refractivity (Wildman–Crippen MR) is 117 cm³/mol. The molecule has 0 aliphatic carbocycles. The highest BCUT2D eigenvalue weighted by Crippen LogP contribution is 2.25. The van der Waals surface area contributed by atoms with Crippen molar-refractivity contribution in [1.29, 1.82) is 0 Å². The molecule has 1 aliphatic rings. The fraction of sp³-hybridized carbons (Fsp3) is 0.458. The number of hydroxylamine groups is 2. The van der Waals surface area contributed by atoms with Gasteiger partial charge in [-0.15, -0.1) is 0 Å². The van der Waals surface area contributed by atoms with Crippen molar-refractivity contribution in [3.63, 3.8) is 0 Å². The molecule has 2 aromatic rings. The summed E-state index contributed by atoms with van der Waals surface area (Å²) in [5.41, 5.74) is 2.32. The van der Waals surface area contributed by atoms with E-state index in [1.165, 1.54) is 5.56 Å². The van der Waals surface area contributed by atoms with Gasteiger partial charge in [-0.05, 0) is 48.4 Å². The lowest BCUT2D eigenvalue weighted by atomic mass is 9.97. The van der Waals surface area contributed by atoms with Gasteiger partial charge in [-0.1, -0.05) is 37.3 Å². The molecule has 0 bridgehead atoms. The van der Waals surface area contributed by atoms with E-state index in [9.17, 15) is 4.79 Å². The SMILES string of the molecule is COc1cc(CN(OCCCC(C)c2ccccc2)C2CCNC2=O)cc(OC)c1. The number of carbonyl (C=O) groups excluding carboxylic acids is 1. The molecule has 1 heterocycles. The zero-order valence-electron chi connectivity index (χ0n) is 18.1. The minimum Gasteiger partial charge on any atom is -0.497 e. The molecule has 0 radical (unpaired) electrons. The third kappa shape index (κ3) is 5.97. The molecule has 0 spiro atoms. The first-order chi connectivity index (χ1) is 14.6. The van der Waals surface area contributed by atoms with Crippen molar-refractivity contribution >= 4 is 5.91 Å². The monoisotopic (exact) mass is 412 g/mol. The van der Waals surface area contributed by atoms with E-state index in [-0.39, 0.29) is 11.9 Å². The summed E-state index contributed by atoms with van der Waals surface area (Å²) >= 11 is 0. The summed E-state index contributed by atoms with van der Waals surface area (Å²) in [6.07, 6.45) is 2.68. The summed E-state index contributed by atoms with van der Waals surface area (Å²) in [6, 6.07) is 16.0. The number of benzene rings is 2. The van der Waals surface area contributed by atoms with Crippen molar-refractivity contribution in [2.45, 2.75) is 44.7 Å². The summed E-state index contributed by atoms with van der Waals surface area (Å²) in [5, 5.41) is 4.71. The van der Waals surface area contributed by atoms with Crippen molar-refractivity contribution in [3.8, 4) is 11.5 Å². The highest BCUT2D eigenvalue weighted by molar-refractivity contribution is 5.83. The Morgan fingerprint density at radius 2 is 1.80 bits per heavy atom. The van der Waals surface area contributed by atoms with Gasteiger partial charge in [0.05, 0.1) is 27.4 Å². The van der Waals surface area contributed by atoms with Crippen molar-refractivity contribution in [3.05, 3.63) is 59.7 Å². The Morgan fingerprint density at radius 3 is 2.40 bits per heavy atom. The molecule has 1 fully saturated rings. The van der Waals surface area contributed by atoms with Crippen LogP contribution < -0.4 is 14.8 Å². The van der Waals surface area contributed by atoms with Crippen LogP contribution >= 0.6 is 0 Å². The summed E-state index contributed by atoms with van der Waals surface area (Å²) in [6.45, 7) is 3.97. The standard InChI is InChI=1S/C24H32N2O4/c1-18(20-9-5-4-6-10-20)8-7-13-30-26(23-11-12-25-24(23)27)17-19-14-21(28-2)16-22(15-19)29-3/h4-6,9-10,14-16,18,23H,7-8,11-13,17H2,1-3H3,(H,25,27). The summed E-state index contributed by atoms with van der Waals surface area (Å²) in [5.74, 6) is 1.93. The molecule has 30 heavy (non-hydrogen) atoms. The largest absolute Gasteiger partial charge is 0.497 e. The first-order valence-corrected chi connectivity index (χ1v) is 10.5. The smallest absolute Gasteiger partial charge is 0.239 e. The average Bonchev–Trinajstić information content (AvgIpc) is 3.21. The van der Waals surface area contributed by atoms with Gasteiger partial charge < -0.3 is 14.8 Å². The van der Waals surface area contributed by atoms with Gasteiger partial charge in [0, 0.05) is 12.6 Å². The van der Waals surface area contributed by atoms with E-state index in [1.54, 1.807) is 14.2 Å². The third-order valence-electron chi connectivity index (χ3n) is 5.52. The lowest BCUT2D eigenvalue weighted by Gasteiger charge is -2.27. The van der Waals surface area contributed by atoms with Crippen molar-refractivity contribution in [2.24, 2.45) is 0 Å². The second-order valence-corrected chi connectivity index (χ2v) is 7.68. The number of ether oxygens (including phenoxy) is 2. The molecule has 1 saturated heterocycles. The predicted octanol–water partition coefficient (Wildman–Crippen LogP) is 3.91. The number of methoxy groups -OCH3 is 2. The second kappa shape index (κ2) is 11.0. The van der Waals surface area contributed by atoms with Gasteiger partial charge in [0.2, 0.25) is 5.91 Å². The topological polar surface area (TPSA) is 60.0 Å². The van der Waals surface area contributed by atoms with Crippen molar-refractivity contribution in [1.82, 2.24) is 10.4 Å². The van der Waals surface area contributed by atoms with Crippen LogP contribution in [0.3, 0.4) is 0 Å². The number of nitrogens with one attached hydrogen (secondary N) is 1. The molecule has 0 saturated carbocycles. The highest BCUT2D eigenvalue weighted by atomic mass is 16.7. The summed E-state index contributed by atoms with van der Waals surface area (Å²) in [7, 11) is 3.26. The van der Waals surface area contributed by atoms with Gasteiger partial charge in [0.1, 0.15) is 17.5 Å². The third-order valence-corrected chi connectivity index (χ3v) is 5.52. The Morgan fingerprint density at radius 1 is 1.10 bits per heavy atom. The maximum absolute atomic E-state index is 12.3. The van der Waals surface area contributed by atoms with Crippen molar-refractivity contribution in [2.75, 3.05) is 27.4 Å². The van der Waals surface area contributed by atoms with E-state index in [0.717, 1.165) is 36.3 Å². The maximum atomic E-state index is 12.3. The number of hydrogen-bond acceptors (Lipinski definition) is 5. The molecule has 6 heteroatoms. The van der Waals surface area contributed by atoms with E-state index in [4.69, 9.17) is 14.3 Å². The molecule has 1 aliphatic heterocycles. The van der Waals surface area contributed by atoms with E-state index >= 15 is 0 Å². The zero-order valence-corrected chi connectivity index (χ0v) is 18.1. The lowest BCUT2D eigenvalue weighted by molar-refractivity contribution is -0.194. The number of amides is 1. The number of rotatable bonds is 11. The Balaban J connectivity index is 1.61. The van der Waals surface area contributed by atoms with E-state index in [1.807, 2.05) is 29.3 Å². The fourth-order valence-corrected chi connectivity index (χ4v) is 3.76. The van der Waals surface area contributed by atoms with Gasteiger partial charge in [0.15, 0.2) is 0 Å². The molecule has 1 amide bonds. The molecule has 1 N–H and O–H groups in total. The molecule has 2 aromatic carbocycles. The molecule has 3 rings (SSSR count). The van der Waals surface area contributed by atoms with Gasteiger partial charge in [0.25, 0.3) is 0 Å². The van der Waals surface area contributed by atoms with E-state index in [2.05, 4.69) is 36.5 Å². The Bertz CT molecular complexity index is 790. The first-order valence-electron chi connectivity index (χ1n) is 10.5. The van der Waals surface area contributed by atoms with Crippen LogP contribution in [0.15, 0.2) is 48.5 Å². The number of carbonyl (C=O) groups is 1. The Kier molecular flexibility index (Phi) is 8.11. The molecular weight excluding hydrogens is 380 g/mol. The number of hydrogen-bond donors (Lipinski definition) is 1. The normalized spacial score (nSPS) is 17.1. The first kappa shape index (κ1) is 22.1. The molecule has 6 nitrogen and oxygen atoms in total. The van der Waals surface area contributed by atoms with Crippen LogP contribution in [0.25, 0.3) is 0 Å². The van der Waals surface area contributed by atoms with Crippen LogP contribution in [0, 0.1) is 0 Å². The molecular formula is C24H32N2O4. The quantitative estimate of drug-likeness (QED) is 0.448.